The number of fused-ring (bicyclic) bond motifs is 6. The molecule has 0 spiro atoms. The molecule has 0 unspecified atom stereocenters. The van der Waals surface area contributed by atoms with Crippen LogP contribution in [0.3, 0.4) is 0 Å². The minimum atomic E-state index is 0.295. The maximum atomic E-state index is 10.8. The van der Waals surface area contributed by atoms with Gasteiger partial charge in [-0.3, -0.25) is 0 Å². The normalized spacial score (nSPS) is 11.4. The summed E-state index contributed by atoms with van der Waals surface area (Å²) in [5.41, 5.74) is 7.71. The zero-order valence-corrected chi connectivity index (χ0v) is 21.1. The van der Waals surface area contributed by atoms with Gasteiger partial charge in [0.05, 0.1) is 0 Å². The molecule has 0 atom stereocenters. The lowest BCUT2D eigenvalue weighted by atomic mass is 9.84. The summed E-state index contributed by atoms with van der Waals surface area (Å²) in [7, 11) is 0. The molecule has 0 radical (unpaired) electrons. The van der Waals surface area contributed by atoms with E-state index in [1.54, 1.807) is 6.07 Å². The van der Waals surface area contributed by atoms with Gasteiger partial charge in [0, 0.05) is 5.56 Å². The van der Waals surface area contributed by atoms with Gasteiger partial charge in [0.2, 0.25) is 0 Å². The summed E-state index contributed by atoms with van der Waals surface area (Å²) in [6.45, 7) is 2.12. The lowest BCUT2D eigenvalue weighted by Crippen LogP contribution is -1.93. The second kappa shape index (κ2) is 8.90. The van der Waals surface area contributed by atoms with E-state index in [4.69, 9.17) is 0 Å². The van der Waals surface area contributed by atoms with Crippen molar-refractivity contribution in [1.29, 1.82) is 0 Å². The van der Waals surface area contributed by atoms with Gasteiger partial charge in [0.25, 0.3) is 0 Å². The molecular weight excluding hydrogens is 460 g/mol. The summed E-state index contributed by atoms with van der Waals surface area (Å²) in [4.78, 5) is 0. The van der Waals surface area contributed by atoms with Crippen LogP contribution in [0.2, 0.25) is 0 Å². The van der Waals surface area contributed by atoms with Gasteiger partial charge < -0.3 is 5.11 Å². The van der Waals surface area contributed by atoms with Crippen molar-refractivity contribution >= 4 is 32.3 Å². The van der Waals surface area contributed by atoms with E-state index in [1.807, 2.05) is 18.2 Å². The second-order valence-electron chi connectivity index (χ2n) is 9.88. The first-order valence-electron chi connectivity index (χ1n) is 13.0. The first kappa shape index (κ1) is 22.3. The van der Waals surface area contributed by atoms with E-state index in [2.05, 4.69) is 116 Å². The van der Waals surface area contributed by atoms with E-state index in [0.29, 0.717) is 5.75 Å². The van der Waals surface area contributed by atoms with E-state index in [1.165, 1.54) is 43.4 Å². The van der Waals surface area contributed by atoms with Crippen molar-refractivity contribution in [2.75, 3.05) is 0 Å². The van der Waals surface area contributed by atoms with Crippen LogP contribution in [0, 0.1) is 6.92 Å². The molecule has 180 valence electrons. The van der Waals surface area contributed by atoms with Gasteiger partial charge in [0.15, 0.2) is 0 Å². The first-order chi connectivity index (χ1) is 18.7. The average Bonchev–Trinajstić information content (AvgIpc) is 2.97. The van der Waals surface area contributed by atoms with Gasteiger partial charge in [-0.1, -0.05) is 127 Å². The second-order valence-corrected chi connectivity index (χ2v) is 9.88. The summed E-state index contributed by atoms with van der Waals surface area (Å²) in [6.07, 6.45) is 0. The van der Waals surface area contributed by atoms with E-state index in [0.717, 1.165) is 27.8 Å². The van der Waals surface area contributed by atoms with Crippen molar-refractivity contribution in [3.05, 3.63) is 139 Å². The maximum Gasteiger partial charge on any atom is 0.123 e. The van der Waals surface area contributed by atoms with Crippen LogP contribution in [0.15, 0.2) is 133 Å². The van der Waals surface area contributed by atoms with E-state index in [-0.39, 0.29) is 0 Å². The molecule has 0 fully saturated rings. The molecule has 0 amide bonds. The Kier molecular flexibility index (Phi) is 5.23. The smallest absolute Gasteiger partial charge is 0.123 e. The minimum Gasteiger partial charge on any atom is -0.507 e. The van der Waals surface area contributed by atoms with Crippen molar-refractivity contribution in [3.8, 4) is 39.1 Å². The molecular formula is C37H26O. The van der Waals surface area contributed by atoms with Gasteiger partial charge in [-0.25, -0.2) is 0 Å². The van der Waals surface area contributed by atoms with Crippen LogP contribution < -0.4 is 0 Å². The van der Waals surface area contributed by atoms with Gasteiger partial charge in [0.1, 0.15) is 5.75 Å². The molecule has 7 aromatic carbocycles. The fourth-order valence-electron chi connectivity index (χ4n) is 6.07. The molecule has 0 saturated heterocycles. The number of aromatic hydroxyl groups is 1. The molecule has 0 aliphatic rings. The number of hydrogen-bond acceptors (Lipinski definition) is 1. The number of rotatable bonds is 3. The van der Waals surface area contributed by atoms with Crippen molar-refractivity contribution in [3.63, 3.8) is 0 Å². The molecule has 1 nitrogen and oxygen atoms in total. The third-order valence-corrected chi connectivity index (χ3v) is 7.72. The van der Waals surface area contributed by atoms with Crippen LogP contribution in [0.25, 0.3) is 65.7 Å². The fourth-order valence-corrected chi connectivity index (χ4v) is 6.07. The zero-order valence-electron chi connectivity index (χ0n) is 21.1. The van der Waals surface area contributed by atoms with Crippen LogP contribution >= 0.6 is 0 Å². The number of phenolic OH excluding ortho intramolecular Hbond substituents is 1. The van der Waals surface area contributed by atoms with Crippen LogP contribution in [-0.4, -0.2) is 5.11 Å². The van der Waals surface area contributed by atoms with Crippen LogP contribution in [0.5, 0.6) is 5.75 Å². The topological polar surface area (TPSA) is 20.2 Å². The largest absolute Gasteiger partial charge is 0.507 e. The monoisotopic (exact) mass is 486 g/mol. The Bertz CT molecular complexity index is 1950. The van der Waals surface area contributed by atoms with Gasteiger partial charge >= 0.3 is 0 Å². The van der Waals surface area contributed by atoms with Crippen molar-refractivity contribution in [1.82, 2.24) is 0 Å². The lowest BCUT2D eigenvalue weighted by molar-refractivity contribution is 0.477. The van der Waals surface area contributed by atoms with E-state index < -0.39 is 0 Å². The first-order valence-corrected chi connectivity index (χ1v) is 13.0. The molecule has 1 N–H and O–H groups in total. The summed E-state index contributed by atoms with van der Waals surface area (Å²) < 4.78 is 0. The number of para-hydroxylation sites is 1. The number of hydrogen-bond donors (Lipinski definition) is 1. The van der Waals surface area contributed by atoms with Gasteiger partial charge in [-0.05, 0) is 78.7 Å². The number of aryl methyl sites for hydroxylation is 1. The molecule has 0 saturated carbocycles. The summed E-state index contributed by atoms with van der Waals surface area (Å²) in [6, 6.07) is 46.8. The number of benzene rings is 7. The summed E-state index contributed by atoms with van der Waals surface area (Å²) in [5, 5.41) is 18.4. The molecule has 1 heteroatoms. The van der Waals surface area contributed by atoms with Gasteiger partial charge in [-0.2, -0.15) is 0 Å². The Morgan fingerprint density at radius 2 is 0.789 bits per heavy atom. The predicted molar refractivity (Wildman–Crippen MR) is 162 cm³/mol. The Hall–Kier alpha value is -4.88. The highest BCUT2D eigenvalue weighted by Crippen LogP contribution is 2.45. The highest BCUT2D eigenvalue weighted by Gasteiger charge is 2.18. The van der Waals surface area contributed by atoms with E-state index in [9.17, 15) is 5.11 Å². The standard InChI is InChI=1S/C37H26O/c1-24-12-10-20-30(36(24)34-19-8-9-23-35(34)38)28-16-4-5-17-29(28)33-22-11-21-32-27-14-3-2-13-25(27)26-15-6-7-18-31(26)37(32)33/h2-23,38H,1H3. The van der Waals surface area contributed by atoms with Crippen molar-refractivity contribution in [2.24, 2.45) is 0 Å². The molecule has 7 rings (SSSR count). The van der Waals surface area contributed by atoms with Crippen LogP contribution in [0.1, 0.15) is 5.56 Å². The van der Waals surface area contributed by atoms with Crippen LogP contribution in [-0.2, 0) is 0 Å². The molecule has 0 aliphatic heterocycles. The highest BCUT2D eigenvalue weighted by atomic mass is 16.3. The van der Waals surface area contributed by atoms with Crippen molar-refractivity contribution < 1.29 is 5.11 Å². The fraction of sp³-hybridized carbons (Fsp3) is 0.0270. The third-order valence-electron chi connectivity index (χ3n) is 7.72. The Balaban J connectivity index is 1.59. The quantitative estimate of drug-likeness (QED) is 0.246. The van der Waals surface area contributed by atoms with Gasteiger partial charge in [-0.15, -0.1) is 0 Å². The maximum absolute atomic E-state index is 10.8. The summed E-state index contributed by atoms with van der Waals surface area (Å²) >= 11 is 0. The molecule has 0 bridgehead atoms. The molecule has 0 aromatic heterocycles. The molecule has 0 heterocycles. The van der Waals surface area contributed by atoms with E-state index >= 15 is 0 Å². The molecule has 7 aromatic rings. The minimum absolute atomic E-state index is 0.295. The highest BCUT2D eigenvalue weighted by molar-refractivity contribution is 6.28. The molecule has 0 aliphatic carbocycles. The number of phenols is 1. The average molecular weight is 487 g/mol. The SMILES string of the molecule is Cc1cccc(-c2ccccc2-c2cccc3c4ccccc4c4ccccc4c23)c1-c1ccccc1O. The zero-order chi connectivity index (χ0) is 25.6. The third kappa shape index (κ3) is 3.40. The van der Waals surface area contributed by atoms with Crippen LogP contribution in [0.4, 0.5) is 0 Å². The predicted octanol–water partition coefficient (Wildman–Crippen LogP) is 10.2. The Labute approximate surface area is 222 Å². The van der Waals surface area contributed by atoms with Crippen molar-refractivity contribution in [2.45, 2.75) is 6.92 Å². The summed E-state index contributed by atoms with van der Waals surface area (Å²) in [5.74, 6) is 0.295. The Morgan fingerprint density at radius 1 is 0.368 bits per heavy atom. The lowest BCUT2D eigenvalue weighted by Gasteiger charge is -2.19. The Morgan fingerprint density at radius 3 is 1.45 bits per heavy atom. The molecule has 38 heavy (non-hydrogen) atoms.